The fourth-order valence-corrected chi connectivity index (χ4v) is 6.88. The molecule has 0 saturated heterocycles. The van der Waals surface area contributed by atoms with Crippen molar-refractivity contribution in [3.63, 3.8) is 0 Å². The average molecular weight is 595 g/mol. The predicted octanol–water partition coefficient (Wildman–Crippen LogP) is 0.806. The molecule has 13 heteroatoms. The second-order valence-electron chi connectivity index (χ2n) is 11.7. The van der Waals surface area contributed by atoms with Gasteiger partial charge in [-0.15, -0.1) is 0 Å². The number of rotatable bonds is 5. The maximum atomic E-state index is 14.1. The Morgan fingerprint density at radius 2 is 1.74 bits per heavy atom. The van der Waals surface area contributed by atoms with E-state index in [9.17, 15) is 39.6 Å². The SMILES string of the molecule is CN(C)c1cc(NC(=O)Oc2ccccc2)c(O)c2c1C[C@@H]1C[C@@H]3[C@@H](N(C)C)C(O)C(C(N)=O)C(=O)[C@]3(O)C(=O)C1=C2O. The number of benzene rings is 2. The number of ketones is 2. The van der Waals surface area contributed by atoms with E-state index in [4.69, 9.17) is 10.5 Å². The van der Waals surface area contributed by atoms with Crippen molar-refractivity contribution in [3.05, 3.63) is 53.1 Å². The number of nitrogens with zero attached hydrogens (tertiary/aromatic N) is 2. The summed E-state index contributed by atoms with van der Waals surface area (Å²) in [6.07, 6.45) is -2.38. The number of phenolic OH excluding ortho intramolecular Hbond substituents is 1. The quantitative estimate of drug-likeness (QED) is 0.211. The molecule has 2 unspecified atom stereocenters. The molecule has 2 aromatic rings. The highest BCUT2D eigenvalue weighted by molar-refractivity contribution is 6.25. The van der Waals surface area contributed by atoms with Gasteiger partial charge in [-0.3, -0.25) is 19.7 Å². The molecule has 43 heavy (non-hydrogen) atoms. The number of Topliss-reactive ketones (excluding diaryl/α,β-unsaturated/α-hetero) is 2. The van der Waals surface area contributed by atoms with Crippen molar-refractivity contribution < 1.29 is 44.3 Å². The van der Waals surface area contributed by atoms with Crippen LogP contribution in [0.1, 0.15) is 17.5 Å². The van der Waals surface area contributed by atoms with Crippen molar-refractivity contribution >= 4 is 40.7 Å². The van der Waals surface area contributed by atoms with Gasteiger partial charge in [-0.25, -0.2) is 4.79 Å². The highest BCUT2D eigenvalue weighted by Crippen LogP contribution is 2.54. The first kappa shape index (κ1) is 30.0. The number of aromatic hydroxyl groups is 1. The summed E-state index contributed by atoms with van der Waals surface area (Å²) in [6, 6.07) is 8.74. The molecule has 2 saturated carbocycles. The number of aliphatic hydroxyl groups is 3. The van der Waals surface area contributed by atoms with E-state index in [2.05, 4.69) is 5.32 Å². The Morgan fingerprint density at radius 3 is 2.33 bits per heavy atom. The Hall–Kier alpha value is -4.46. The lowest BCUT2D eigenvalue weighted by Crippen LogP contribution is -2.73. The number of hydrogen-bond acceptors (Lipinski definition) is 11. The molecular formula is C30H34N4O9. The molecule has 0 heterocycles. The minimum Gasteiger partial charge on any atom is -0.507 e. The molecule has 2 fully saturated rings. The zero-order valence-electron chi connectivity index (χ0n) is 24.1. The monoisotopic (exact) mass is 594 g/mol. The van der Waals surface area contributed by atoms with Crippen LogP contribution in [0.4, 0.5) is 16.2 Å². The number of phenols is 1. The van der Waals surface area contributed by atoms with Crippen molar-refractivity contribution in [2.45, 2.75) is 30.6 Å². The van der Waals surface area contributed by atoms with Gasteiger partial charge in [-0.05, 0) is 56.6 Å². The van der Waals surface area contributed by atoms with Crippen molar-refractivity contribution in [2.75, 3.05) is 38.4 Å². The highest BCUT2D eigenvalue weighted by atomic mass is 16.6. The number of amides is 2. The van der Waals surface area contributed by atoms with Gasteiger partial charge in [0.1, 0.15) is 17.4 Å². The smallest absolute Gasteiger partial charge is 0.417 e. The number of nitrogens with two attached hydrogens (primary N) is 1. The minimum absolute atomic E-state index is 0.00473. The summed E-state index contributed by atoms with van der Waals surface area (Å²) < 4.78 is 5.26. The molecule has 3 aliphatic rings. The molecule has 5 rings (SSSR count). The standard InChI is InChI=1S/C30H34N4O9/c1-33(2)18-12-17(32-29(41)43-14-8-6-5-7-9-14)23(35)20-15(18)10-13-11-16-22(34(3)4)25(37)21(28(31)40)27(39)30(16,42)26(38)19(13)24(20)36/h5-9,12-13,16,21-22,25,35-37,42H,10-11H2,1-4H3,(H2,31,40)(H,32,41)/t13-,16-,21?,22-,25?,30-/m1/s1. The molecule has 0 spiro atoms. The summed E-state index contributed by atoms with van der Waals surface area (Å²) in [7, 11) is 6.63. The number of primary amides is 1. The first-order valence-electron chi connectivity index (χ1n) is 13.7. The maximum Gasteiger partial charge on any atom is 0.417 e. The van der Waals surface area contributed by atoms with Crippen LogP contribution in [0.2, 0.25) is 0 Å². The van der Waals surface area contributed by atoms with Crippen LogP contribution >= 0.6 is 0 Å². The van der Waals surface area contributed by atoms with Gasteiger partial charge in [-0.1, -0.05) is 18.2 Å². The van der Waals surface area contributed by atoms with Crippen LogP contribution in [-0.2, 0) is 20.8 Å². The van der Waals surface area contributed by atoms with E-state index in [-0.39, 0.29) is 35.4 Å². The summed E-state index contributed by atoms with van der Waals surface area (Å²) in [6.45, 7) is 0. The lowest BCUT2D eigenvalue weighted by molar-refractivity contribution is -0.184. The second-order valence-corrected chi connectivity index (χ2v) is 11.7. The Balaban J connectivity index is 1.62. The van der Waals surface area contributed by atoms with Gasteiger partial charge in [-0.2, -0.15) is 0 Å². The van der Waals surface area contributed by atoms with E-state index in [0.29, 0.717) is 11.3 Å². The summed E-state index contributed by atoms with van der Waals surface area (Å²) in [5.74, 6) is -8.21. The van der Waals surface area contributed by atoms with E-state index in [0.717, 1.165) is 0 Å². The largest absolute Gasteiger partial charge is 0.507 e. The van der Waals surface area contributed by atoms with Crippen LogP contribution in [0.25, 0.3) is 5.76 Å². The van der Waals surface area contributed by atoms with Crippen LogP contribution in [-0.4, -0.2) is 94.8 Å². The number of anilines is 2. The lowest BCUT2D eigenvalue weighted by Gasteiger charge is -2.53. The second kappa shape index (κ2) is 10.7. The van der Waals surface area contributed by atoms with Crippen LogP contribution in [0, 0.1) is 17.8 Å². The van der Waals surface area contributed by atoms with E-state index < -0.39 is 70.6 Å². The van der Waals surface area contributed by atoms with Crippen LogP contribution in [0.3, 0.4) is 0 Å². The van der Waals surface area contributed by atoms with Crippen molar-refractivity contribution in [1.82, 2.24) is 4.90 Å². The molecule has 228 valence electrons. The number of ether oxygens (including phenoxy) is 1. The molecule has 0 bridgehead atoms. The topological polar surface area (TPSA) is 203 Å². The van der Waals surface area contributed by atoms with Crippen molar-refractivity contribution in [3.8, 4) is 11.5 Å². The van der Waals surface area contributed by atoms with Gasteiger partial charge in [0, 0.05) is 37.3 Å². The van der Waals surface area contributed by atoms with Gasteiger partial charge >= 0.3 is 6.09 Å². The molecule has 0 aromatic heterocycles. The Morgan fingerprint density at radius 1 is 1.09 bits per heavy atom. The molecule has 7 N–H and O–H groups in total. The molecule has 2 aromatic carbocycles. The third-order valence-corrected chi connectivity index (χ3v) is 8.74. The molecule has 13 nitrogen and oxygen atoms in total. The number of nitrogens with one attached hydrogen (secondary N) is 1. The predicted molar refractivity (Wildman–Crippen MR) is 155 cm³/mol. The highest BCUT2D eigenvalue weighted by Gasteiger charge is 2.67. The van der Waals surface area contributed by atoms with Crippen LogP contribution in [0.5, 0.6) is 11.5 Å². The van der Waals surface area contributed by atoms with Gasteiger partial charge in [0.15, 0.2) is 17.1 Å². The Labute approximate surface area is 247 Å². The van der Waals surface area contributed by atoms with E-state index in [1.54, 1.807) is 63.4 Å². The molecule has 2 amide bonds. The average Bonchev–Trinajstić information content (AvgIpc) is 2.92. The Bertz CT molecular complexity index is 1550. The summed E-state index contributed by atoms with van der Waals surface area (Å²) in [5, 5.41) is 48.1. The third kappa shape index (κ3) is 4.60. The molecule has 6 atom stereocenters. The number of likely N-dealkylation sites (N-methyl/N-ethyl adjacent to an activating group) is 1. The lowest BCUT2D eigenvalue weighted by atomic mass is 9.54. The zero-order valence-corrected chi connectivity index (χ0v) is 24.1. The number of aliphatic hydroxyl groups excluding tert-OH is 2. The fraction of sp³-hybridized carbons (Fsp3) is 0.400. The number of carbonyl (C=O) groups is 4. The molecule has 3 aliphatic carbocycles. The van der Waals surface area contributed by atoms with Crippen molar-refractivity contribution in [1.29, 1.82) is 0 Å². The van der Waals surface area contributed by atoms with Crippen LogP contribution in [0.15, 0.2) is 42.0 Å². The zero-order chi connectivity index (χ0) is 31.5. The summed E-state index contributed by atoms with van der Waals surface area (Å²) in [4.78, 5) is 55.7. The number of hydrogen-bond donors (Lipinski definition) is 6. The normalized spacial score (nSPS) is 28.1. The third-order valence-electron chi connectivity index (χ3n) is 8.74. The first-order valence-corrected chi connectivity index (χ1v) is 13.7. The van der Waals surface area contributed by atoms with E-state index in [1.165, 1.54) is 11.0 Å². The number of para-hydroxylation sites is 1. The molecule has 0 radical (unpaired) electrons. The van der Waals surface area contributed by atoms with Gasteiger partial charge in [0.25, 0.3) is 0 Å². The maximum absolute atomic E-state index is 14.1. The summed E-state index contributed by atoms with van der Waals surface area (Å²) in [5.41, 5.74) is 3.08. The van der Waals surface area contributed by atoms with Crippen molar-refractivity contribution in [2.24, 2.45) is 23.5 Å². The summed E-state index contributed by atoms with van der Waals surface area (Å²) >= 11 is 0. The fourth-order valence-electron chi connectivity index (χ4n) is 6.88. The number of carbonyl (C=O) groups excluding carboxylic acids is 4. The molecule has 0 aliphatic heterocycles. The van der Waals surface area contributed by atoms with Gasteiger partial charge in [0.05, 0.1) is 17.4 Å². The van der Waals surface area contributed by atoms with Crippen LogP contribution < -0.4 is 20.7 Å². The van der Waals surface area contributed by atoms with Gasteiger partial charge in [0.2, 0.25) is 11.7 Å². The van der Waals surface area contributed by atoms with E-state index in [1.807, 2.05) is 0 Å². The first-order chi connectivity index (χ1) is 20.2. The van der Waals surface area contributed by atoms with E-state index >= 15 is 0 Å². The number of fused-ring (bicyclic) bond motifs is 3. The minimum atomic E-state index is -2.76. The van der Waals surface area contributed by atoms with Gasteiger partial charge < -0.3 is 40.7 Å². The molecular weight excluding hydrogens is 560 g/mol. The Kier molecular flexibility index (Phi) is 7.45.